The monoisotopic (exact) mass is 569 g/mol. The lowest BCUT2D eigenvalue weighted by Gasteiger charge is -2.19. The number of carbonyl (C=O) groups excluding carboxylic acids is 2. The summed E-state index contributed by atoms with van der Waals surface area (Å²) < 4.78 is 82.6. The number of Topliss-reactive ketones (excluding diaryl/α,β-unsaturated/α-hetero) is 1. The lowest BCUT2D eigenvalue weighted by Crippen LogP contribution is -2.22. The van der Waals surface area contributed by atoms with Gasteiger partial charge in [-0.05, 0) is 48.7 Å². The molecule has 212 valence electrons. The summed E-state index contributed by atoms with van der Waals surface area (Å²) in [7, 11) is 0. The van der Waals surface area contributed by atoms with Crippen molar-refractivity contribution in [3.05, 3.63) is 71.0 Å². The maximum Gasteiger partial charge on any atom is 0.422 e. The lowest BCUT2D eigenvalue weighted by atomic mass is 9.97. The molecule has 1 aromatic heterocycles. The van der Waals surface area contributed by atoms with Crippen molar-refractivity contribution in [1.29, 1.82) is 0 Å². The van der Waals surface area contributed by atoms with Gasteiger partial charge >= 0.3 is 18.4 Å². The summed E-state index contributed by atoms with van der Waals surface area (Å²) >= 11 is 0. The molecule has 0 spiro atoms. The van der Waals surface area contributed by atoms with E-state index in [9.17, 15) is 40.7 Å². The van der Waals surface area contributed by atoms with Crippen LogP contribution in [0.4, 0.5) is 42.5 Å². The van der Waals surface area contributed by atoms with E-state index in [0.29, 0.717) is 11.6 Å². The Bertz CT molecular complexity index is 1450. The summed E-state index contributed by atoms with van der Waals surface area (Å²) in [6.45, 7) is 1.57. The molecule has 0 bridgehead atoms. The first kappa shape index (κ1) is 29.9. The van der Waals surface area contributed by atoms with Crippen molar-refractivity contribution in [2.24, 2.45) is 0 Å². The summed E-state index contributed by atoms with van der Waals surface area (Å²) in [5.41, 5.74) is 0.0589. The molecule has 3 aromatic rings. The summed E-state index contributed by atoms with van der Waals surface area (Å²) in [6, 6.07) is 8.62. The molecular formula is C26H21F6N3O5. The van der Waals surface area contributed by atoms with Crippen LogP contribution in [-0.4, -0.2) is 40.7 Å². The third-order valence-corrected chi connectivity index (χ3v) is 5.60. The fourth-order valence-electron chi connectivity index (χ4n) is 3.66. The van der Waals surface area contributed by atoms with Gasteiger partial charge < -0.3 is 15.2 Å². The van der Waals surface area contributed by atoms with Gasteiger partial charge in [-0.3, -0.25) is 19.9 Å². The number of anilines is 2. The SMILES string of the molecule is Cc1nccc(-c2cccc(C(=O)CC(=O)Nc3cc(C(F)(F)F)c(OCC(F)(F)F)cc3NC(=O)O)c2)c1C. The highest BCUT2D eigenvalue weighted by molar-refractivity contribution is 6.12. The van der Waals surface area contributed by atoms with Gasteiger partial charge in [-0.25, -0.2) is 4.79 Å². The van der Waals surface area contributed by atoms with Crippen LogP contribution in [0.25, 0.3) is 11.1 Å². The molecule has 40 heavy (non-hydrogen) atoms. The van der Waals surface area contributed by atoms with Gasteiger partial charge in [0.1, 0.15) is 5.75 Å². The summed E-state index contributed by atoms with van der Waals surface area (Å²) in [6.07, 6.45) is -11.2. The highest BCUT2D eigenvalue weighted by atomic mass is 19.4. The fourth-order valence-corrected chi connectivity index (χ4v) is 3.66. The van der Waals surface area contributed by atoms with Crippen LogP contribution in [0.5, 0.6) is 5.75 Å². The van der Waals surface area contributed by atoms with Crippen LogP contribution in [0.1, 0.15) is 33.6 Å². The van der Waals surface area contributed by atoms with Crippen LogP contribution >= 0.6 is 0 Å². The minimum absolute atomic E-state index is 0.122. The smallest absolute Gasteiger partial charge is 0.422 e. The number of halogens is 6. The topological polar surface area (TPSA) is 118 Å². The number of benzene rings is 2. The number of alkyl halides is 6. The van der Waals surface area contributed by atoms with Gasteiger partial charge in [-0.15, -0.1) is 0 Å². The first-order chi connectivity index (χ1) is 18.5. The van der Waals surface area contributed by atoms with Crippen LogP contribution in [0.2, 0.25) is 0 Å². The summed E-state index contributed by atoms with van der Waals surface area (Å²) in [5.74, 6) is -3.12. The molecule has 3 N–H and O–H groups in total. The second-order valence-electron chi connectivity index (χ2n) is 8.52. The normalized spacial score (nSPS) is 11.6. The minimum Gasteiger partial charge on any atom is -0.483 e. The number of pyridine rings is 1. The van der Waals surface area contributed by atoms with Gasteiger partial charge in [-0.1, -0.05) is 18.2 Å². The molecule has 2 amide bonds. The molecule has 0 aliphatic rings. The van der Waals surface area contributed by atoms with Crippen LogP contribution in [-0.2, 0) is 11.0 Å². The molecule has 0 saturated carbocycles. The molecule has 14 heteroatoms. The van der Waals surface area contributed by atoms with Crippen molar-refractivity contribution in [2.75, 3.05) is 17.2 Å². The van der Waals surface area contributed by atoms with Crippen LogP contribution in [0.15, 0.2) is 48.7 Å². The number of ether oxygens (including phenoxy) is 1. The van der Waals surface area contributed by atoms with Gasteiger partial charge in [0.05, 0.1) is 23.4 Å². The van der Waals surface area contributed by atoms with Gasteiger partial charge in [0, 0.05) is 23.5 Å². The number of amides is 2. The lowest BCUT2D eigenvalue weighted by molar-refractivity contribution is -0.158. The Kier molecular flexibility index (Phi) is 8.71. The van der Waals surface area contributed by atoms with Crippen molar-refractivity contribution in [2.45, 2.75) is 32.6 Å². The Morgan fingerprint density at radius 3 is 2.25 bits per heavy atom. The molecule has 0 radical (unpaired) electrons. The Balaban J connectivity index is 1.88. The number of nitrogens with one attached hydrogen (secondary N) is 2. The zero-order valence-electron chi connectivity index (χ0n) is 20.8. The number of carboxylic acid groups (broad SMARTS) is 1. The fraction of sp³-hybridized carbons (Fsp3) is 0.231. The van der Waals surface area contributed by atoms with E-state index in [1.807, 2.05) is 19.2 Å². The Morgan fingerprint density at radius 1 is 0.950 bits per heavy atom. The van der Waals surface area contributed by atoms with Crippen LogP contribution in [0, 0.1) is 13.8 Å². The van der Waals surface area contributed by atoms with E-state index in [-0.39, 0.29) is 11.6 Å². The first-order valence-corrected chi connectivity index (χ1v) is 11.4. The zero-order valence-corrected chi connectivity index (χ0v) is 20.8. The average Bonchev–Trinajstić information content (AvgIpc) is 2.84. The number of nitrogens with zero attached hydrogens (tertiary/aromatic N) is 1. The van der Waals surface area contributed by atoms with E-state index in [1.54, 1.807) is 29.7 Å². The van der Waals surface area contributed by atoms with Crippen molar-refractivity contribution < 1.29 is 50.6 Å². The molecule has 1 heterocycles. The molecule has 3 rings (SSSR count). The van der Waals surface area contributed by atoms with E-state index in [4.69, 9.17) is 5.11 Å². The van der Waals surface area contributed by atoms with Crippen molar-refractivity contribution in [3.8, 4) is 16.9 Å². The number of aryl methyl sites for hydroxylation is 1. The molecule has 0 atom stereocenters. The Hall–Kier alpha value is -4.62. The van der Waals surface area contributed by atoms with Crippen molar-refractivity contribution in [3.63, 3.8) is 0 Å². The van der Waals surface area contributed by atoms with Gasteiger partial charge in [0.15, 0.2) is 12.4 Å². The second kappa shape index (κ2) is 11.6. The third-order valence-electron chi connectivity index (χ3n) is 5.60. The van der Waals surface area contributed by atoms with Gasteiger partial charge in [0.25, 0.3) is 0 Å². The van der Waals surface area contributed by atoms with Gasteiger partial charge in [-0.2, -0.15) is 26.3 Å². The number of ketones is 1. The second-order valence-corrected chi connectivity index (χ2v) is 8.52. The van der Waals surface area contributed by atoms with E-state index >= 15 is 0 Å². The number of carbonyl (C=O) groups is 3. The maximum absolute atomic E-state index is 13.6. The van der Waals surface area contributed by atoms with E-state index in [2.05, 4.69) is 9.72 Å². The Morgan fingerprint density at radius 2 is 1.62 bits per heavy atom. The molecule has 0 aliphatic carbocycles. The van der Waals surface area contributed by atoms with Crippen molar-refractivity contribution in [1.82, 2.24) is 4.98 Å². The van der Waals surface area contributed by atoms with E-state index in [1.165, 1.54) is 12.1 Å². The molecule has 2 aromatic carbocycles. The van der Waals surface area contributed by atoms with Crippen LogP contribution < -0.4 is 15.4 Å². The molecule has 0 fully saturated rings. The van der Waals surface area contributed by atoms with E-state index in [0.717, 1.165) is 16.8 Å². The van der Waals surface area contributed by atoms with Gasteiger partial charge in [0.2, 0.25) is 5.91 Å². The molecule has 8 nitrogen and oxygen atoms in total. The summed E-state index contributed by atoms with van der Waals surface area (Å²) in [5, 5.41) is 12.7. The number of aromatic nitrogens is 1. The zero-order chi connectivity index (χ0) is 29.8. The number of rotatable bonds is 8. The first-order valence-electron chi connectivity index (χ1n) is 11.4. The predicted molar refractivity (Wildman–Crippen MR) is 131 cm³/mol. The van der Waals surface area contributed by atoms with Crippen molar-refractivity contribution >= 4 is 29.2 Å². The average molecular weight is 569 g/mol. The Labute approximate surface area is 223 Å². The highest BCUT2D eigenvalue weighted by Crippen LogP contribution is 2.42. The number of hydrogen-bond donors (Lipinski definition) is 3. The maximum atomic E-state index is 13.6. The summed E-state index contributed by atoms with van der Waals surface area (Å²) in [4.78, 5) is 40.8. The quantitative estimate of drug-likeness (QED) is 0.159. The molecule has 0 unspecified atom stereocenters. The molecular weight excluding hydrogens is 548 g/mol. The highest BCUT2D eigenvalue weighted by Gasteiger charge is 2.37. The molecule has 0 aliphatic heterocycles. The third kappa shape index (κ3) is 7.71. The molecule has 0 saturated heterocycles. The van der Waals surface area contributed by atoms with E-state index < -0.39 is 65.9 Å². The van der Waals surface area contributed by atoms with Crippen LogP contribution in [0.3, 0.4) is 0 Å². The standard InChI is InChI=1S/C26H21F6N3O5/c1-13-14(2)33-7-6-17(13)15-4-3-5-16(8-15)21(36)11-23(37)34-19-9-18(26(30,31)32)22(40-12-25(27,28)29)10-20(19)35-24(38)39/h3-10,35H,11-12H2,1-2H3,(H,34,37)(H,38,39). The minimum atomic E-state index is -5.23. The predicted octanol–water partition coefficient (Wildman–Crippen LogP) is 6.63. The largest absolute Gasteiger partial charge is 0.483 e. The number of hydrogen-bond acceptors (Lipinski definition) is 5.